The quantitative estimate of drug-likeness (QED) is 0.750. The number of allylic oxidation sites excluding steroid dienone is 3. The summed E-state index contributed by atoms with van der Waals surface area (Å²) in [5.74, 6) is -2.64. The van der Waals surface area contributed by atoms with Gasteiger partial charge in [-0.3, -0.25) is 4.79 Å². The lowest BCUT2D eigenvalue weighted by Gasteiger charge is -2.22. The largest absolute Gasteiger partial charge is 0.475 e. The topological polar surface area (TPSA) is 79.1 Å². The third-order valence-corrected chi connectivity index (χ3v) is 2.54. The fourth-order valence-electron chi connectivity index (χ4n) is 1.77. The van der Waals surface area contributed by atoms with Gasteiger partial charge in [-0.05, 0) is 12.5 Å². The molecule has 16 heavy (non-hydrogen) atoms. The van der Waals surface area contributed by atoms with Crippen LogP contribution >= 0.6 is 0 Å². The van der Waals surface area contributed by atoms with Gasteiger partial charge in [-0.2, -0.15) is 4.99 Å². The number of hydrogen-bond acceptors (Lipinski definition) is 3. The summed E-state index contributed by atoms with van der Waals surface area (Å²) in [7, 11) is 0. The minimum Gasteiger partial charge on any atom is -0.475 e. The predicted molar refractivity (Wildman–Crippen MR) is 58.5 cm³/mol. The number of amidine groups is 1. The standard InChI is InChI=1S/C11H10N2O3/c1-2-6-4-3-5-7-8(6)10(14)13-9(12-7)11(15)16/h3-5,8H,2H2,1H3,(H,15,16). The summed E-state index contributed by atoms with van der Waals surface area (Å²) in [5.41, 5.74) is 1.39. The van der Waals surface area contributed by atoms with E-state index in [0.29, 0.717) is 5.71 Å². The molecular weight excluding hydrogens is 208 g/mol. The lowest BCUT2D eigenvalue weighted by molar-refractivity contribution is -0.130. The van der Waals surface area contributed by atoms with E-state index in [1.165, 1.54) is 0 Å². The van der Waals surface area contributed by atoms with E-state index >= 15 is 0 Å². The van der Waals surface area contributed by atoms with Crippen molar-refractivity contribution < 1.29 is 14.7 Å². The van der Waals surface area contributed by atoms with Crippen LogP contribution in [0.3, 0.4) is 0 Å². The van der Waals surface area contributed by atoms with Crippen molar-refractivity contribution in [1.82, 2.24) is 0 Å². The summed E-state index contributed by atoms with van der Waals surface area (Å²) < 4.78 is 0. The van der Waals surface area contributed by atoms with Crippen LogP contribution in [0.1, 0.15) is 13.3 Å². The highest BCUT2D eigenvalue weighted by Crippen LogP contribution is 2.25. The molecule has 1 atom stereocenters. The Bertz CT molecular complexity index is 483. The molecule has 0 aromatic heterocycles. The van der Waals surface area contributed by atoms with Crippen LogP contribution in [-0.2, 0) is 9.59 Å². The fourth-order valence-corrected chi connectivity index (χ4v) is 1.77. The van der Waals surface area contributed by atoms with Crippen LogP contribution in [0.15, 0.2) is 33.8 Å². The third kappa shape index (κ3) is 1.60. The molecule has 0 saturated heterocycles. The number of carbonyl (C=O) groups is 2. The maximum absolute atomic E-state index is 11.7. The zero-order valence-electron chi connectivity index (χ0n) is 8.67. The molecule has 1 unspecified atom stereocenters. The number of aliphatic imine (C=N–C) groups is 2. The number of carboxylic acid groups (broad SMARTS) is 1. The van der Waals surface area contributed by atoms with Gasteiger partial charge in [0.15, 0.2) is 0 Å². The number of aliphatic carboxylic acids is 1. The second kappa shape index (κ2) is 3.84. The Labute approximate surface area is 91.9 Å². The van der Waals surface area contributed by atoms with E-state index in [0.717, 1.165) is 12.0 Å². The van der Waals surface area contributed by atoms with Gasteiger partial charge in [-0.1, -0.05) is 24.6 Å². The molecule has 0 spiro atoms. The Balaban J connectivity index is 2.43. The summed E-state index contributed by atoms with van der Waals surface area (Å²) >= 11 is 0. The number of amides is 1. The maximum atomic E-state index is 11.7. The molecule has 0 bridgehead atoms. The first-order valence-corrected chi connectivity index (χ1v) is 4.95. The van der Waals surface area contributed by atoms with E-state index < -0.39 is 23.6 Å². The van der Waals surface area contributed by atoms with Crippen molar-refractivity contribution in [2.75, 3.05) is 0 Å². The molecule has 0 aromatic carbocycles. The smallest absolute Gasteiger partial charge is 0.374 e. The Morgan fingerprint density at radius 3 is 2.88 bits per heavy atom. The van der Waals surface area contributed by atoms with Gasteiger partial charge in [0.05, 0.1) is 5.71 Å². The van der Waals surface area contributed by atoms with E-state index in [9.17, 15) is 9.59 Å². The van der Waals surface area contributed by atoms with Crippen LogP contribution in [0.5, 0.6) is 0 Å². The Morgan fingerprint density at radius 2 is 2.25 bits per heavy atom. The summed E-state index contributed by atoms with van der Waals surface area (Å²) in [6.45, 7) is 1.94. The zero-order chi connectivity index (χ0) is 11.7. The predicted octanol–water partition coefficient (Wildman–Crippen LogP) is 0.973. The second-order valence-corrected chi connectivity index (χ2v) is 3.50. The van der Waals surface area contributed by atoms with Crippen LogP contribution in [0, 0.1) is 5.92 Å². The average Bonchev–Trinajstić information content (AvgIpc) is 2.27. The van der Waals surface area contributed by atoms with Gasteiger partial charge in [0.2, 0.25) is 5.84 Å². The number of nitrogens with zero attached hydrogens (tertiary/aromatic N) is 2. The van der Waals surface area contributed by atoms with Gasteiger partial charge in [-0.15, -0.1) is 0 Å². The first kappa shape index (κ1) is 10.5. The summed E-state index contributed by atoms with van der Waals surface area (Å²) in [4.78, 5) is 29.8. The van der Waals surface area contributed by atoms with Gasteiger partial charge in [0.1, 0.15) is 5.92 Å². The van der Waals surface area contributed by atoms with Crippen molar-refractivity contribution in [1.29, 1.82) is 0 Å². The Kier molecular flexibility index (Phi) is 2.52. The summed E-state index contributed by atoms with van der Waals surface area (Å²) in [5, 5.41) is 8.74. The van der Waals surface area contributed by atoms with Crippen LogP contribution < -0.4 is 0 Å². The van der Waals surface area contributed by atoms with Gasteiger partial charge in [0, 0.05) is 0 Å². The number of carboxylic acids is 1. The molecule has 82 valence electrons. The molecule has 5 heteroatoms. The zero-order valence-corrected chi connectivity index (χ0v) is 8.67. The van der Waals surface area contributed by atoms with E-state index in [-0.39, 0.29) is 0 Å². The molecule has 1 aliphatic heterocycles. The van der Waals surface area contributed by atoms with E-state index in [1.807, 2.05) is 13.0 Å². The Hall–Kier alpha value is -2.04. The van der Waals surface area contributed by atoms with Crippen LogP contribution in [0.4, 0.5) is 0 Å². The van der Waals surface area contributed by atoms with Gasteiger partial charge in [-0.25, -0.2) is 9.79 Å². The number of hydrogen-bond donors (Lipinski definition) is 1. The molecule has 0 radical (unpaired) electrons. The molecule has 2 aliphatic rings. The SMILES string of the molecule is CCC1=CC=CC2=NC(C(=O)O)=NC(=O)C12. The Morgan fingerprint density at radius 1 is 1.50 bits per heavy atom. The minimum absolute atomic E-state index is 0.432. The minimum atomic E-state index is -1.28. The lowest BCUT2D eigenvalue weighted by atomic mass is 9.86. The third-order valence-electron chi connectivity index (χ3n) is 2.54. The molecule has 2 rings (SSSR count). The van der Waals surface area contributed by atoms with E-state index in [2.05, 4.69) is 9.98 Å². The van der Waals surface area contributed by atoms with Crippen molar-refractivity contribution in [3.05, 3.63) is 23.8 Å². The van der Waals surface area contributed by atoms with Crippen molar-refractivity contribution in [2.45, 2.75) is 13.3 Å². The fraction of sp³-hybridized carbons (Fsp3) is 0.273. The molecule has 1 N–H and O–H groups in total. The first-order chi connectivity index (χ1) is 7.63. The first-order valence-electron chi connectivity index (χ1n) is 4.95. The van der Waals surface area contributed by atoms with Crippen molar-refractivity contribution in [3.8, 4) is 0 Å². The normalized spacial score (nSPS) is 23.2. The molecule has 0 fully saturated rings. The maximum Gasteiger partial charge on any atom is 0.374 e. The monoisotopic (exact) mass is 218 g/mol. The van der Waals surface area contributed by atoms with Crippen molar-refractivity contribution in [2.24, 2.45) is 15.9 Å². The van der Waals surface area contributed by atoms with Crippen molar-refractivity contribution in [3.63, 3.8) is 0 Å². The molecule has 0 aromatic rings. The van der Waals surface area contributed by atoms with E-state index in [1.54, 1.807) is 12.2 Å². The lowest BCUT2D eigenvalue weighted by Crippen LogP contribution is -2.32. The van der Waals surface area contributed by atoms with Gasteiger partial charge < -0.3 is 5.11 Å². The highest BCUT2D eigenvalue weighted by atomic mass is 16.4. The summed E-state index contributed by atoms with van der Waals surface area (Å²) in [6, 6.07) is 0. The van der Waals surface area contributed by atoms with Crippen LogP contribution in [-0.4, -0.2) is 28.5 Å². The average molecular weight is 218 g/mol. The van der Waals surface area contributed by atoms with Crippen LogP contribution in [0.25, 0.3) is 0 Å². The molecule has 5 nitrogen and oxygen atoms in total. The van der Waals surface area contributed by atoms with Gasteiger partial charge >= 0.3 is 5.97 Å². The number of carbonyl (C=O) groups excluding carboxylic acids is 1. The second-order valence-electron chi connectivity index (χ2n) is 3.50. The molecule has 1 amide bonds. The molecule has 1 aliphatic carbocycles. The molecule has 1 heterocycles. The van der Waals surface area contributed by atoms with E-state index in [4.69, 9.17) is 5.11 Å². The molecule has 0 saturated carbocycles. The van der Waals surface area contributed by atoms with Crippen molar-refractivity contribution >= 4 is 23.4 Å². The van der Waals surface area contributed by atoms with Gasteiger partial charge in [0.25, 0.3) is 5.91 Å². The highest BCUT2D eigenvalue weighted by Gasteiger charge is 2.32. The molecular formula is C11H10N2O3. The highest BCUT2D eigenvalue weighted by molar-refractivity contribution is 6.41. The van der Waals surface area contributed by atoms with Crippen LogP contribution in [0.2, 0.25) is 0 Å². The number of fused-ring (bicyclic) bond motifs is 1. The summed E-state index contributed by atoms with van der Waals surface area (Å²) in [6.07, 6.45) is 5.99. The number of rotatable bonds is 2.